The van der Waals surface area contributed by atoms with Gasteiger partial charge in [-0.2, -0.15) is 0 Å². The van der Waals surface area contributed by atoms with E-state index in [0.717, 1.165) is 11.1 Å². The molecule has 1 amide bonds. The van der Waals surface area contributed by atoms with Crippen molar-refractivity contribution in [2.75, 3.05) is 27.4 Å². The summed E-state index contributed by atoms with van der Waals surface area (Å²) in [5.74, 6) is 1.42. The Kier molecular flexibility index (Phi) is 10.6. The predicted octanol–water partition coefficient (Wildman–Crippen LogP) is 6.47. The van der Waals surface area contributed by atoms with Crippen molar-refractivity contribution in [1.82, 2.24) is 4.90 Å². The Morgan fingerprint density at radius 3 is 1.95 bits per heavy atom. The Bertz CT molecular complexity index is 1270. The van der Waals surface area contributed by atoms with Crippen LogP contribution in [0.5, 0.6) is 11.5 Å². The molecule has 0 heterocycles. The molecule has 0 aliphatic rings. The lowest BCUT2D eigenvalue weighted by atomic mass is 9.88. The number of benzene rings is 4. The summed E-state index contributed by atoms with van der Waals surface area (Å²) in [6.07, 6.45) is 0.559. The third kappa shape index (κ3) is 7.64. The molecule has 0 aromatic heterocycles. The molecule has 1 unspecified atom stereocenters. The minimum atomic E-state index is -0.531. The largest absolute Gasteiger partial charge is 0.497 e. The monoisotopic (exact) mass is 539 g/mol. The quantitative estimate of drug-likeness (QED) is 0.211. The van der Waals surface area contributed by atoms with Gasteiger partial charge in [-0.3, -0.25) is 0 Å². The van der Waals surface area contributed by atoms with Crippen LogP contribution < -0.4 is 9.47 Å². The molecule has 4 aromatic rings. The first kappa shape index (κ1) is 28.7. The molecule has 1 atom stereocenters. The van der Waals surface area contributed by atoms with Crippen molar-refractivity contribution < 1.29 is 24.1 Å². The maximum absolute atomic E-state index is 13.6. The van der Waals surface area contributed by atoms with Gasteiger partial charge in [0.25, 0.3) is 0 Å². The van der Waals surface area contributed by atoms with E-state index in [2.05, 4.69) is 24.3 Å². The summed E-state index contributed by atoms with van der Waals surface area (Å²) in [5, 5.41) is 10.6. The molecule has 0 saturated heterocycles. The first-order chi connectivity index (χ1) is 19.6. The van der Waals surface area contributed by atoms with Crippen molar-refractivity contribution in [2.45, 2.75) is 31.4 Å². The normalized spacial score (nSPS) is 11.6. The van der Waals surface area contributed by atoms with Gasteiger partial charge in [0.2, 0.25) is 0 Å². The van der Waals surface area contributed by atoms with E-state index in [1.165, 1.54) is 11.1 Å². The zero-order valence-corrected chi connectivity index (χ0v) is 23.1. The Hall–Kier alpha value is -4.29. The molecule has 6 heteroatoms. The van der Waals surface area contributed by atoms with Crippen molar-refractivity contribution in [2.24, 2.45) is 0 Å². The number of aliphatic hydroxyl groups is 1. The highest BCUT2D eigenvalue weighted by atomic mass is 16.6. The van der Waals surface area contributed by atoms with Crippen molar-refractivity contribution in [3.63, 3.8) is 0 Å². The van der Waals surface area contributed by atoms with E-state index in [0.29, 0.717) is 30.9 Å². The fraction of sp³-hybridized carbons (Fsp3) is 0.265. The fourth-order valence-corrected chi connectivity index (χ4v) is 4.96. The molecule has 1 N–H and O–H groups in total. The number of carbonyl (C=O) groups excluding carboxylic acids is 1. The topological polar surface area (TPSA) is 68.2 Å². The van der Waals surface area contributed by atoms with Gasteiger partial charge in [-0.15, -0.1) is 0 Å². The second kappa shape index (κ2) is 14.8. The number of hydrogen-bond donors (Lipinski definition) is 1. The number of methoxy groups -OCH3 is 2. The average Bonchev–Trinajstić information content (AvgIpc) is 3.02. The smallest absolute Gasteiger partial charge is 0.410 e. The van der Waals surface area contributed by atoms with E-state index in [9.17, 15) is 9.90 Å². The Labute approximate surface area is 236 Å². The summed E-state index contributed by atoms with van der Waals surface area (Å²) in [7, 11) is 3.21. The first-order valence-electron chi connectivity index (χ1n) is 13.5. The van der Waals surface area contributed by atoms with Gasteiger partial charge in [0, 0.05) is 12.5 Å². The van der Waals surface area contributed by atoms with Gasteiger partial charge in [0.05, 0.1) is 26.9 Å². The summed E-state index contributed by atoms with van der Waals surface area (Å²) in [6, 6.07) is 35.2. The highest BCUT2D eigenvalue weighted by Gasteiger charge is 2.28. The summed E-state index contributed by atoms with van der Waals surface area (Å²) >= 11 is 0. The Morgan fingerprint density at radius 1 is 0.800 bits per heavy atom. The summed E-state index contributed by atoms with van der Waals surface area (Å²) in [4.78, 5) is 15.3. The second-order valence-corrected chi connectivity index (χ2v) is 9.61. The van der Waals surface area contributed by atoms with Crippen LogP contribution >= 0.6 is 0 Å². The number of rotatable bonds is 13. The third-order valence-electron chi connectivity index (χ3n) is 7.10. The van der Waals surface area contributed by atoms with E-state index < -0.39 is 12.1 Å². The summed E-state index contributed by atoms with van der Waals surface area (Å²) in [5.41, 5.74) is 4.07. The van der Waals surface area contributed by atoms with Gasteiger partial charge in [-0.1, -0.05) is 91.0 Å². The highest BCUT2D eigenvalue weighted by molar-refractivity contribution is 5.68. The number of amides is 1. The maximum atomic E-state index is 13.6. The molecule has 208 valence electrons. The lowest BCUT2D eigenvalue weighted by Gasteiger charge is -2.32. The lowest BCUT2D eigenvalue weighted by molar-refractivity contribution is 0.0630. The summed E-state index contributed by atoms with van der Waals surface area (Å²) < 4.78 is 16.8. The number of nitrogens with zero attached hydrogens (tertiary/aromatic N) is 1. The van der Waals surface area contributed by atoms with Crippen molar-refractivity contribution in [3.8, 4) is 11.5 Å². The van der Waals surface area contributed by atoms with Crippen molar-refractivity contribution in [3.05, 3.63) is 131 Å². The molecule has 0 spiro atoms. The number of carbonyl (C=O) groups is 1. The van der Waals surface area contributed by atoms with Crippen LogP contribution in [0.3, 0.4) is 0 Å². The van der Waals surface area contributed by atoms with Crippen LogP contribution in [0.15, 0.2) is 109 Å². The molecule has 0 fully saturated rings. The molecular formula is C34H37NO5. The van der Waals surface area contributed by atoms with E-state index in [1.54, 1.807) is 19.1 Å². The number of ether oxygens (including phenoxy) is 3. The molecule has 0 aliphatic carbocycles. The highest BCUT2D eigenvalue weighted by Crippen LogP contribution is 2.30. The van der Waals surface area contributed by atoms with Crippen LogP contribution in [-0.4, -0.2) is 49.5 Å². The Morgan fingerprint density at radius 2 is 1.40 bits per heavy atom. The van der Waals surface area contributed by atoms with Crippen LogP contribution in [0.1, 0.15) is 34.6 Å². The molecule has 0 bridgehead atoms. The van der Waals surface area contributed by atoms with Gasteiger partial charge in [0.15, 0.2) is 0 Å². The minimum absolute atomic E-state index is 0.0671. The maximum Gasteiger partial charge on any atom is 0.410 e. The molecule has 4 rings (SSSR count). The van der Waals surface area contributed by atoms with Crippen molar-refractivity contribution >= 4 is 6.09 Å². The van der Waals surface area contributed by atoms with Crippen molar-refractivity contribution in [1.29, 1.82) is 0 Å². The van der Waals surface area contributed by atoms with Gasteiger partial charge >= 0.3 is 6.09 Å². The van der Waals surface area contributed by atoms with E-state index >= 15 is 0 Å². The van der Waals surface area contributed by atoms with Gasteiger partial charge < -0.3 is 24.2 Å². The first-order valence-corrected chi connectivity index (χ1v) is 13.5. The predicted molar refractivity (Wildman–Crippen MR) is 157 cm³/mol. The molecule has 40 heavy (non-hydrogen) atoms. The number of aliphatic hydroxyl groups excluding tert-OH is 1. The summed E-state index contributed by atoms with van der Waals surface area (Å²) in [6.45, 7) is 0.305. The van der Waals surface area contributed by atoms with Crippen LogP contribution in [-0.2, 0) is 17.8 Å². The molecule has 0 radical (unpaired) electrons. The van der Waals surface area contributed by atoms with Crippen LogP contribution in [0, 0.1) is 0 Å². The molecular weight excluding hydrogens is 502 g/mol. The minimum Gasteiger partial charge on any atom is -0.497 e. The van der Waals surface area contributed by atoms with Gasteiger partial charge in [-0.05, 0) is 53.3 Å². The Balaban J connectivity index is 1.61. The second-order valence-electron chi connectivity index (χ2n) is 9.61. The third-order valence-corrected chi connectivity index (χ3v) is 7.10. The van der Waals surface area contributed by atoms with E-state index in [4.69, 9.17) is 14.2 Å². The van der Waals surface area contributed by atoms with Crippen LogP contribution in [0.25, 0.3) is 0 Å². The van der Waals surface area contributed by atoms with Gasteiger partial charge in [-0.25, -0.2) is 4.79 Å². The van der Waals surface area contributed by atoms with Crippen LogP contribution in [0.4, 0.5) is 4.79 Å². The van der Waals surface area contributed by atoms with Crippen LogP contribution in [0.2, 0.25) is 0 Å². The lowest BCUT2D eigenvalue weighted by Crippen LogP contribution is -2.45. The standard InChI is InChI=1S/C34H37NO5/c1-38-31-18-19-33(39-2)29(23-31)22-30(24-36)35(34(37)40-25-26-12-6-3-7-13-26)21-20-32(27-14-8-4-9-15-27)28-16-10-5-11-17-28/h3-19,23,30,32,36H,20-22,24-25H2,1-2H3. The SMILES string of the molecule is COc1ccc(OC)c(CC(CO)N(CCC(c2ccccc2)c2ccccc2)C(=O)OCc2ccccc2)c1. The van der Waals surface area contributed by atoms with E-state index in [-0.39, 0.29) is 19.1 Å². The molecule has 6 nitrogen and oxygen atoms in total. The molecule has 0 aliphatic heterocycles. The zero-order valence-electron chi connectivity index (χ0n) is 23.1. The molecule has 0 saturated carbocycles. The zero-order chi connectivity index (χ0) is 28.2. The van der Waals surface area contributed by atoms with E-state index in [1.807, 2.05) is 84.9 Å². The van der Waals surface area contributed by atoms with Gasteiger partial charge in [0.1, 0.15) is 18.1 Å². The average molecular weight is 540 g/mol. The number of hydrogen-bond acceptors (Lipinski definition) is 5. The molecule has 4 aromatic carbocycles. The fourth-order valence-electron chi connectivity index (χ4n) is 4.96.